The van der Waals surface area contributed by atoms with Crippen molar-refractivity contribution in [3.05, 3.63) is 35.4 Å². The summed E-state index contributed by atoms with van der Waals surface area (Å²) >= 11 is 1.39. The summed E-state index contributed by atoms with van der Waals surface area (Å²) in [6.07, 6.45) is 0. The van der Waals surface area contributed by atoms with Crippen molar-refractivity contribution < 1.29 is 9.53 Å². The van der Waals surface area contributed by atoms with Crippen molar-refractivity contribution in [2.75, 3.05) is 14.1 Å². The molecule has 5 heteroatoms. The monoisotopic (exact) mass is 236 g/mol. The van der Waals surface area contributed by atoms with Gasteiger partial charge in [-0.25, -0.2) is 4.79 Å². The lowest BCUT2D eigenvalue weighted by Crippen LogP contribution is -2.15. The minimum atomic E-state index is -0.296. The number of ether oxygens (including phenoxy) is 1. The van der Waals surface area contributed by atoms with E-state index < -0.39 is 0 Å². The van der Waals surface area contributed by atoms with Gasteiger partial charge in [-0.05, 0) is 17.8 Å². The average Bonchev–Trinajstić information content (AvgIpc) is 2.64. The Labute approximate surface area is 98.1 Å². The largest absolute Gasteiger partial charge is 0.442 e. The number of esters is 1. The molecule has 0 fully saturated rings. The van der Waals surface area contributed by atoms with Gasteiger partial charge >= 0.3 is 5.97 Å². The Morgan fingerprint density at radius 2 is 2.25 bits per heavy atom. The fraction of sp³-hybridized carbons (Fsp3) is 0.273. The molecule has 1 aromatic rings. The van der Waals surface area contributed by atoms with Crippen LogP contribution in [0.2, 0.25) is 0 Å². The molecule has 1 unspecified atom stereocenters. The van der Waals surface area contributed by atoms with Crippen molar-refractivity contribution in [2.45, 2.75) is 5.44 Å². The molecule has 0 aromatic heterocycles. The third-order valence-corrected chi connectivity index (χ3v) is 3.46. The van der Waals surface area contributed by atoms with Gasteiger partial charge in [0.05, 0.1) is 5.56 Å². The standard InChI is InChI=1S/C11H12N2O2S/c1-12-11(13-2)16-10-8-6-4-3-5-7(8)9(14)15-10/h3-6,10H,1-2H3,(H,12,13). The number of carbonyl (C=O) groups excluding carboxylic acids is 1. The number of aliphatic imine (C=N–C) groups is 1. The van der Waals surface area contributed by atoms with Crippen molar-refractivity contribution in [1.82, 2.24) is 5.32 Å². The summed E-state index contributed by atoms with van der Waals surface area (Å²) in [7, 11) is 3.49. The SMILES string of the molecule is CN=C(NC)SC1OC(=O)c2ccccc21. The minimum absolute atomic E-state index is 0.264. The number of carbonyl (C=O) groups is 1. The summed E-state index contributed by atoms with van der Waals surface area (Å²) in [4.78, 5) is 15.6. The van der Waals surface area contributed by atoms with Crippen LogP contribution in [0, 0.1) is 0 Å². The molecular weight excluding hydrogens is 224 g/mol. The highest BCUT2D eigenvalue weighted by Crippen LogP contribution is 2.38. The number of benzene rings is 1. The first-order valence-corrected chi connectivity index (χ1v) is 5.75. The van der Waals surface area contributed by atoms with Crippen LogP contribution in [0.5, 0.6) is 0 Å². The molecule has 16 heavy (non-hydrogen) atoms. The highest BCUT2D eigenvalue weighted by molar-refractivity contribution is 8.13. The van der Waals surface area contributed by atoms with Gasteiger partial charge in [0.2, 0.25) is 0 Å². The van der Waals surface area contributed by atoms with E-state index in [1.54, 1.807) is 20.2 Å². The number of hydrogen-bond acceptors (Lipinski definition) is 4. The Kier molecular flexibility index (Phi) is 3.14. The molecule has 0 radical (unpaired) electrons. The van der Waals surface area contributed by atoms with E-state index >= 15 is 0 Å². The van der Waals surface area contributed by atoms with E-state index in [-0.39, 0.29) is 11.4 Å². The predicted octanol–water partition coefficient (Wildman–Crippen LogP) is 1.79. The molecule has 0 aliphatic carbocycles. The third-order valence-electron chi connectivity index (χ3n) is 2.28. The number of cyclic esters (lactones) is 1. The lowest BCUT2D eigenvalue weighted by Gasteiger charge is -2.11. The van der Waals surface area contributed by atoms with Crippen LogP contribution in [0.4, 0.5) is 0 Å². The number of hydrogen-bond donors (Lipinski definition) is 1. The zero-order chi connectivity index (χ0) is 11.5. The van der Waals surface area contributed by atoms with E-state index in [0.717, 1.165) is 10.7 Å². The highest BCUT2D eigenvalue weighted by atomic mass is 32.2. The molecule has 1 aliphatic heterocycles. The number of rotatable bonds is 1. The van der Waals surface area contributed by atoms with Gasteiger partial charge in [-0.3, -0.25) is 4.99 Å². The maximum absolute atomic E-state index is 11.5. The van der Waals surface area contributed by atoms with Crippen LogP contribution in [0.25, 0.3) is 0 Å². The normalized spacial score (nSPS) is 19.2. The van der Waals surface area contributed by atoms with Gasteiger partial charge in [-0.1, -0.05) is 18.2 Å². The maximum Gasteiger partial charge on any atom is 0.340 e. The van der Waals surface area contributed by atoms with E-state index in [1.165, 1.54) is 11.8 Å². The van der Waals surface area contributed by atoms with E-state index in [9.17, 15) is 4.79 Å². The number of amidine groups is 1. The van der Waals surface area contributed by atoms with Gasteiger partial charge in [0.15, 0.2) is 10.6 Å². The fourth-order valence-corrected chi connectivity index (χ4v) is 2.42. The number of fused-ring (bicyclic) bond motifs is 1. The first-order valence-electron chi connectivity index (χ1n) is 4.87. The molecule has 1 heterocycles. The van der Waals surface area contributed by atoms with E-state index in [2.05, 4.69) is 10.3 Å². The first-order chi connectivity index (χ1) is 7.76. The molecule has 1 N–H and O–H groups in total. The zero-order valence-electron chi connectivity index (χ0n) is 9.06. The molecule has 1 aliphatic rings. The van der Waals surface area contributed by atoms with Crippen LogP contribution in [0.15, 0.2) is 29.3 Å². The Morgan fingerprint density at radius 1 is 1.50 bits per heavy atom. The minimum Gasteiger partial charge on any atom is -0.442 e. The topological polar surface area (TPSA) is 50.7 Å². The van der Waals surface area contributed by atoms with Crippen molar-refractivity contribution >= 4 is 22.9 Å². The second kappa shape index (κ2) is 4.57. The molecule has 4 nitrogen and oxygen atoms in total. The zero-order valence-corrected chi connectivity index (χ0v) is 9.88. The fourth-order valence-electron chi connectivity index (χ4n) is 1.52. The molecule has 0 bridgehead atoms. The summed E-state index contributed by atoms with van der Waals surface area (Å²) < 4.78 is 5.27. The van der Waals surface area contributed by atoms with Crippen molar-refractivity contribution in [3.63, 3.8) is 0 Å². The summed E-state index contributed by atoms with van der Waals surface area (Å²) in [6, 6.07) is 7.41. The van der Waals surface area contributed by atoms with E-state index in [0.29, 0.717) is 5.56 Å². The van der Waals surface area contributed by atoms with Gasteiger partial charge in [0.1, 0.15) is 0 Å². The second-order valence-corrected chi connectivity index (χ2v) is 4.27. The third kappa shape index (κ3) is 1.90. The Morgan fingerprint density at radius 3 is 2.94 bits per heavy atom. The number of nitrogens with one attached hydrogen (secondary N) is 1. The molecule has 0 saturated heterocycles. The lowest BCUT2D eigenvalue weighted by molar-refractivity contribution is 0.0523. The van der Waals surface area contributed by atoms with Crippen LogP contribution >= 0.6 is 11.8 Å². The van der Waals surface area contributed by atoms with E-state index in [1.807, 2.05) is 18.2 Å². The van der Waals surface area contributed by atoms with Gasteiger partial charge in [0, 0.05) is 19.7 Å². The first kappa shape index (κ1) is 11.0. The highest BCUT2D eigenvalue weighted by Gasteiger charge is 2.31. The van der Waals surface area contributed by atoms with Crippen LogP contribution in [0.3, 0.4) is 0 Å². The van der Waals surface area contributed by atoms with Gasteiger partial charge in [-0.2, -0.15) is 0 Å². The molecule has 84 valence electrons. The van der Waals surface area contributed by atoms with Crippen molar-refractivity contribution in [2.24, 2.45) is 4.99 Å². The predicted molar refractivity (Wildman–Crippen MR) is 64.6 cm³/mol. The molecule has 0 spiro atoms. The molecular formula is C11H12N2O2S. The summed E-state index contributed by atoms with van der Waals surface area (Å²) in [5, 5.41) is 3.69. The Bertz CT molecular complexity index is 445. The molecule has 1 atom stereocenters. The summed E-state index contributed by atoms with van der Waals surface area (Å²) in [5.74, 6) is -0.264. The van der Waals surface area contributed by atoms with Gasteiger partial charge in [0.25, 0.3) is 0 Å². The van der Waals surface area contributed by atoms with Gasteiger partial charge in [-0.15, -0.1) is 0 Å². The number of nitrogens with zero attached hydrogens (tertiary/aromatic N) is 1. The molecule has 0 amide bonds. The van der Waals surface area contributed by atoms with Crippen molar-refractivity contribution in [1.29, 1.82) is 0 Å². The Hall–Kier alpha value is -1.49. The molecule has 1 aromatic carbocycles. The van der Waals surface area contributed by atoms with Crippen LogP contribution in [-0.4, -0.2) is 25.2 Å². The maximum atomic E-state index is 11.5. The number of thioether (sulfide) groups is 1. The van der Waals surface area contributed by atoms with Crippen LogP contribution < -0.4 is 5.32 Å². The Balaban J connectivity index is 2.24. The summed E-state index contributed by atoms with van der Waals surface area (Å²) in [6.45, 7) is 0. The van der Waals surface area contributed by atoms with Crippen LogP contribution in [-0.2, 0) is 4.74 Å². The van der Waals surface area contributed by atoms with Crippen LogP contribution in [0.1, 0.15) is 21.4 Å². The van der Waals surface area contributed by atoms with Gasteiger partial charge < -0.3 is 10.1 Å². The summed E-state index contributed by atoms with van der Waals surface area (Å²) in [5.41, 5.74) is 1.26. The van der Waals surface area contributed by atoms with Crippen molar-refractivity contribution in [3.8, 4) is 0 Å². The second-order valence-electron chi connectivity index (χ2n) is 3.22. The quantitative estimate of drug-likeness (QED) is 0.459. The molecule has 0 saturated carbocycles. The smallest absolute Gasteiger partial charge is 0.340 e. The average molecular weight is 236 g/mol. The van der Waals surface area contributed by atoms with E-state index in [4.69, 9.17) is 4.74 Å². The molecule has 2 rings (SSSR count). The lowest BCUT2D eigenvalue weighted by atomic mass is 10.1.